The summed E-state index contributed by atoms with van der Waals surface area (Å²) in [4.78, 5) is 24.3. The Labute approximate surface area is 106 Å². The maximum absolute atomic E-state index is 12.0. The Morgan fingerprint density at radius 1 is 1.28 bits per heavy atom. The summed E-state index contributed by atoms with van der Waals surface area (Å²) in [6.07, 6.45) is 0.479. The molecule has 1 N–H and O–H groups in total. The summed E-state index contributed by atoms with van der Waals surface area (Å²) in [5, 5.41) is 8.80. The molecule has 0 bridgehead atoms. The van der Waals surface area contributed by atoms with Crippen molar-refractivity contribution in [3.05, 3.63) is 35.4 Å². The number of nitrogens with zero attached hydrogens (tertiary/aromatic N) is 1. The van der Waals surface area contributed by atoms with E-state index >= 15 is 0 Å². The normalized spacial score (nSPS) is 21.4. The number of carbonyl (C=O) groups is 2. The molecule has 4 heteroatoms. The van der Waals surface area contributed by atoms with Crippen molar-refractivity contribution >= 4 is 11.9 Å². The highest BCUT2D eigenvalue weighted by atomic mass is 16.4. The fourth-order valence-corrected chi connectivity index (χ4v) is 2.07. The van der Waals surface area contributed by atoms with Crippen molar-refractivity contribution in [2.75, 3.05) is 7.05 Å². The Morgan fingerprint density at radius 3 is 2.39 bits per heavy atom. The van der Waals surface area contributed by atoms with Gasteiger partial charge in [-0.25, -0.2) is 0 Å². The molecule has 0 unspecified atom stereocenters. The second-order valence-electron chi connectivity index (χ2n) is 4.97. The van der Waals surface area contributed by atoms with E-state index in [0.29, 0.717) is 13.0 Å². The van der Waals surface area contributed by atoms with E-state index in [-0.39, 0.29) is 11.8 Å². The lowest BCUT2D eigenvalue weighted by molar-refractivity contribution is -0.141. The van der Waals surface area contributed by atoms with Gasteiger partial charge in [0, 0.05) is 13.6 Å². The van der Waals surface area contributed by atoms with E-state index < -0.39 is 11.9 Å². The van der Waals surface area contributed by atoms with Crippen molar-refractivity contribution in [2.24, 2.45) is 11.8 Å². The van der Waals surface area contributed by atoms with Gasteiger partial charge < -0.3 is 10.0 Å². The number of aryl methyl sites for hydroxylation is 1. The van der Waals surface area contributed by atoms with Crippen LogP contribution in [0.2, 0.25) is 0 Å². The number of rotatable bonds is 4. The van der Waals surface area contributed by atoms with Crippen LogP contribution in [-0.4, -0.2) is 28.9 Å². The van der Waals surface area contributed by atoms with Crippen molar-refractivity contribution in [3.63, 3.8) is 0 Å². The van der Waals surface area contributed by atoms with Crippen LogP contribution in [0.4, 0.5) is 0 Å². The van der Waals surface area contributed by atoms with Crippen molar-refractivity contribution in [3.8, 4) is 0 Å². The van der Waals surface area contributed by atoms with Crippen molar-refractivity contribution in [2.45, 2.75) is 19.9 Å². The van der Waals surface area contributed by atoms with Gasteiger partial charge in [0.1, 0.15) is 0 Å². The zero-order valence-electron chi connectivity index (χ0n) is 10.6. The lowest BCUT2D eigenvalue weighted by Gasteiger charge is -2.17. The Balaban J connectivity index is 1.92. The lowest BCUT2D eigenvalue weighted by atomic mass is 10.1. The molecular formula is C14H17NO3. The summed E-state index contributed by atoms with van der Waals surface area (Å²) in [5.41, 5.74) is 2.24. The minimum Gasteiger partial charge on any atom is -0.481 e. The third-order valence-corrected chi connectivity index (χ3v) is 3.34. The molecule has 18 heavy (non-hydrogen) atoms. The van der Waals surface area contributed by atoms with E-state index in [0.717, 1.165) is 5.56 Å². The molecule has 1 aliphatic carbocycles. The average molecular weight is 247 g/mol. The van der Waals surface area contributed by atoms with Gasteiger partial charge in [0.15, 0.2) is 0 Å². The van der Waals surface area contributed by atoms with Crippen LogP contribution >= 0.6 is 0 Å². The smallest absolute Gasteiger partial charge is 0.307 e. The summed E-state index contributed by atoms with van der Waals surface area (Å²) in [6, 6.07) is 7.98. The molecule has 1 fully saturated rings. The topological polar surface area (TPSA) is 57.6 Å². The maximum Gasteiger partial charge on any atom is 0.307 e. The highest BCUT2D eigenvalue weighted by molar-refractivity contribution is 5.89. The molecule has 1 saturated carbocycles. The standard InChI is InChI=1S/C14H17NO3/c1-9-3-5-10(6-4-9)8-15(2)13(16)11-7-12(11)14(17)18/h3-6,11-12H,7-8H2,1-2H3,(H,17,18)/t11-,12+/m1/s1. The predicted octanol–water partition coefficient (Wildman–Crippen LogP) is 1.67. The molecule has 1 aromatic rings. The molecule has 0 aromatic heterocycles. The largest absolute Gasteiger partial charge is 0.481 e. The van der Waals surface area contributed by atoms with E-state index in [1.807, 2.05) is 31.2 Å². The number of hydrogen-bond donors (Lipinski definition) is 1. The molecule has 2 atom stereocenters. The molecule has 1 aliphatic rings. The first kappa shape index (κ1) is 12.6. The monoisotopic (exact) mass is 247 g/mol. The number of benzene rings is 1. The molecule has 2 rings (SSSR count). The van der Waals surface area contributed by atoms with E-state index in [2.05, 4.69) is 0 Å². The Kier molecular flexibility index (Phi) is 3.36. The second kappa shape index (κ2) is 4.80. The highest BCUT2D eigenvalue weighted by Crippen LogP contribution is 2.40. The van der Waals surface area contributed by atoms with Gasteiger partial charge in [-0.2, -0.15) is 0 Å². The van der Waals surface area contributed by atoms with E-state index in [1.165, 1.54) is 5.56 Å². The quantitative estimate of drug-likeness (QED) is 0.880. The van der Waals surface area contributed by atoms with Gasteiger partial charge in [-0.05, 0) is 18.9 Å². The van der Waals surface area contributed by atoms with Crippen LogP contribution in [0.3, 0.4) is 0 Å². The first-order valence-corrected chi connectivity index (χ1v) is 6.02. The third-order valence-electron chi connectivity index (χ3n) is 3.34. The maximum atomic E-state index is 12.0. The minimum absolute atomic E-state index is 0.0667. The van der Waals surface area contributed by atoms with Crippen LogP contribution in [0.25, 0.3) is 0 Å². The summed E-state index contributed by atoms with van der Waals surface area (Å²) in [6.45, 7) is 2.54. The first-order valence-electron chi connectivity index (χ1n) is 6.02. The van der Waals surface area contributed by atoms with Crippen LogP contribution in [0.5, 0.6) is 0 Å². The molecule has 4 nitrogen and oxygen atoms in total. The number of carboxylic acids is 1. The molecule has 1 aromatic carbocycles. The van der Waals surface area contributed by atoms with Crippen LogP contribution in [0.1, 0.15) is 17.5 Å². The molecule has 0 spiro atoms. The van der Waals surface area contributed by atoms with Gasteiger partial charge in [-0.1, -0.05) is 29.8 Å². The third kappa shape index (κ3) is 2.70. The fourth-order valence-electron chi connectivity index (χ4n) is 2.07. The Hall–Kier alpha value is -1.84. The van der Waals surface area contributed by atoms with Gasteiger partial charge >= 0.3 is 5.97 Å². The minimum atomic E-state index is -0.864. The van der Waals surface area contributed by atoms with E-state index in [4.69, 9.17) is 5.11 Å². The predicted molar refractivity (Wildman–Crippen MR) is 66.9 cm³/mol. The number of hydrogen-bond acceptors (Lipinski definition) is 2. The van der Waals surface area contributed by atoms with Gasteiger partial charge in [0.2, 0.25) is 5.91 Å². The van der Waals surface area contributed by atoms with Crippen molar-refractivity contribution in [1.82, 2.24) is 4.90 Å². The molecule has 0 heterocycles. The zero-order chi connectivity index (χ0) is 13.3. The lowest BCUT2D eigenvalue weighted by Crippen LogP contribution is -2.28. The Bertz CT molecular complexity index is 466. The van der Waals surface area contributed by atoms with E-state index in [9.17, 15) is 9.59 Å². The van der Waals surface area contributed by atoms with Gasteiger partial charge in [0.25, 0.3) is 0 Å². The molecule has 0 radical (unpaired) electrons. The summed E-state index contributed by atoms with van der Waals surface area (Å²) in [5.74, 6) is -1.73. The van der Waals surface area contributed by atoms with Gasteiger partial charge in [-0.15, -0.1) is 0 Å². The molecule has 96 valence electrons. The number of carboxylic acid groups (broad SMARTS) is 1. The van der Waals surface area contributed by atoms with Gasteiger partial charge in [-0.3, -0.25) is 9.59 Å². The van der Waals surface area contributed by atoms with Crippen LogP contribution in [0.15, 0.2) is 24.3 Å². The number of aliphatic carboxylic acids is 1. The number of amides is 1. The van der Waals surface area contributed by atoms with E-state index in [1.54, 1.807) is 11.9 Å². The molecule has 1 amide bonds. The fraction of sp³-hybridized carbons (Fsp3) is 0.429. The van der Waals surface area contributed by atoms with Crippen molar-refractivity contribution < 1.29 is 14.7 Å². The zero-order valence-corrected chi connectivity index (χ0v) is 10.6. The molecule has 0 saturated heterocycles. The second-order valence-corrected chi connectivity index (χ2v) is 4.97. The first-order chi connectivity index (χ1) is 8.49. The summed E-state index contributed by atoms with van der Waals surface area (Å²) < 4.78 is 0. The SMILES string of the molecule is Cc1ccc(CN(C)C(=O)[C@@H]2C[C@@H]2C(=O)O)cc1. The number of carbonyl (C=O) groups excluding carboxylic acids is 1. The Morgan fingerprint density at radius 2 is 1.89 bits per heavy atom. The average Bonchev–Trinajstić information content (AvgIpc) is 3.11. The molecular weight excluding hydrogens is 230 g/mol. The summed E-state index contributed by atoms with van der Waals surface area (Å²) in [7, 11) is 1.72. The van der Waals surface area contributed by atoms with Crippen LogP contribution in [0, 0.1) is 18.8 Å². The van der Waals surface area contributed by atoms with Gasteiger partial charge in [0.05, 0.1) is 11.8 Å². The summed E-state index contributed by atoms with van der Waals surface area (Å²) >= 11 is 0. The van der Waals surface area contributed by atoms with Crippen LogP contribution in [-0.2, 0) is 16.1 Å². The highest BCUT2D eigenvalue weighted by Gasteiger charge is 2.49. The molecule has 0 aliphatic heterocycles. The van der Waals surface area contributed by atoms with Crippen LogP contribution < -0.4 is 0 Å². The van der Waals surface area contributed by atoms with Crippen molar-refractivity contribution in [1.29, 1.82) is 0 Å².